The van der Waals surface area contributed by atoms with Crippen molar-refractivity contribution in [2.24, 2.45) is 0 Å². The van der Waals surface area contributed by atoms with E-state index in [-0.39, 0.29) is 0 Å². The first-order chi connectivity index (χ1) is 8.31. The van der Waals surface area contributed by atoms with Crippen LogP contribution in [0.15, 0.2) is 54.6 Å². The van der Waals surface area contributed by atoms with E-state index in [4.69, 9.17) is 4.74 Å². The molecule has 0 aliphatic heterocycles. The monoisotopic (exact) mass is 288 g/mol. The molecule has 0 aliphatic rings. The van der Waals surface area contributed by atoms with Crippen LogP contribution in [0.4, 0.5) is 0 Å². The van der Waals surface area contributed by atoms with E-state index in [2.05, 4.69) is 48.2 Å². The second kappa shape index (κ2) is 5.93. The Morgan fingerprint density at radius 2 is 1.59 bits per heavy atom. The van der Waals surface area contributed by atoms with Crippen molar-refractivity contribution in [1.82, 2.24) is 0 Å². The molecule has 0 saturated heterocycles. The van der Waals surface area contributed by atoms with E-state index in [0.29, 0.717) is 0 Å². The molecule has 0 N–H and O–H groups in total. The van der Waals surface area contributed by atoms with Crippen LogP contribution in [0.25, 0.3) is 0 Å². The quantitative estimate of drug-likeness (QED) is 0.786. The molecule has 2 rings (SSSR count). The van der Waals surface area contributed by atoms with Crippen LogP contribution in [0, 0.1) is 0 Å². The van der Waals surface area contributed by atoms with Gasteiger partial charge in [-0.15, -0.1) is 0 Å². The van der Waals surface area contributed by atoms with Gasteiger partial charge in [-0.2, -0.15) is 0 Å². The first kappa shape index (κ1) is 12.3. The fourth-order valence-corrected chi connectivity index (χ4v) is 5.30. The summed E-state index contributed by atoms with van der Waals surface area (Å²) in [6.45, 7) is 0. The van der Waals surface area contributed by atoms with Gasteiger partial charge < -0.3 is 0 Å². The number of rotatable bonds is 4. The van der Waals surface area contributed by atoms with Crippen molar-refractivity contribution in [1.29, 1.82) is 0 Å². The van der Waals surface area contributed by atoms with Crippen molar-refractivity contribution in [3.05, 3.63) is 60.2 Å². The van der Waals surface area contributed by atoms with Crippen LogP contribution in [0.2, 0.25) is 5.71 Å². The van der Waals surface area contributed by atoms with Gasteiger partial charge in [0.25, 0.3) is 0 Å². The molecule has 88 valence electrons. The van der Waals surface area contributed by atoms with E-state index in [1.54, 1.807) is 7.11 Å². The van der Waals surface area contributed by atoms with Crippen molar-refractivity contribution in [3.8, 4) is 5.75 Å². The zero-order valence-electron chi connectivity index (χ0n) is 10.3. The summed E-state index contributed by atoms with van der Waals surface area (Å²) in [6.07, 6.45) is 0. The van der Waals surface area contributed by atoms with Gasteiger partial charge in [0.05, 0.1) is 0 Å². The second-order valence-electron chi connectivity index (χ2n) is 4.00. The minimum atomic E-state index is -0.980. The van der Waals surface area contributed by atoms with E-state index in [1.807, 2.05) is 12.1 Å². The summed E-state index contributed by atoms with van der Waals surface area (Å²) in [5.41, 5.74) is 3.73. The molecule has 1 unspecified atom stereocenters. The Bertz CT molecular complexity index is 467. The fourth-order valence-electron chi connectivity index (χ4n) is 1.86. The zero-order chi connectivity index (χ0) is 12.1. The minimum absolute atomic E-state index is 0.980. The van der Waals surface area contributed by atoms with Gasteiger partial charge in [0.15, 0.2) is 0 Å². The maximum atomic E-state index is 5.41. The van der Waals surface area contributed by atoms with Crippen LogP contribution in [-0.4, -0.2) is 21.8 Å². The van der Waals surface area contributed by atoms with Crippen molar-refractivity contribution in [2.45, 2.75) is 10.9 Å². The van der Waals surface area contributed by atoms with Gasteiger partial charge in [-0.1, -0.05) is 0 Å². The van der Waals surface area contributed by atoms with Crippen LogP contribution < -0.4 is 9.09 Å². The van der Waals surface area contributed by atoms with Gasteiger partial charge >= 0.3 is 108 Å². The molecule has 0 radical (unpaired) electrons. The third-order valence-electron chi connectivity index (χ3n) is 2.80. The normalized spacial score (nSPS) is 12.1. The Labute approximate surface area is 108 Å². The number of benzene rings is 2. The van der Waals surface area contributed by atoms with E-state index >= 15 is 0 Å². The molecule has 0 heterocycles. The van der Waals surface area contributed by atoms with Crippen molar-refractivity contribution in [3.63, 3.8) is 0 Å². The topological polar surface area (TPSA) is 9.23 Å². The van der Waals surface area contributed by atoms with E-state index < -0.39 is 14.7 Å². The third kappa shape index (κ3) is 3.14. The summed E-state index contributed by atoms with van der Waals surface area (Å²) in [7, 11) is 1.74. The predicted octanol–water partition coefficient (Wildman–Crippen LogP) is 2.81. The molecule has 0 saturated carbocycles. The SMILES string of the molecule is COc1ccccc1C[As](C)c1ccccc1. The number of hydrogen-bond donors (Lipinski definition) is 0. The summed E-state index contributed by atoms with van der Waals surface area (Å²) >= 11 is -0.980. The Morgan fingerprint density at radius 1 is 0.941 bits per heavy atom. The molecule has 0 spiro atoms. The molecule has 0 fully saturated rings. The number of ether oxygens (including phenoxy) is 1. The van der Waals surface area contributed by atoms with E-state index in [1.165, 1.54) is 9.91 Å². The van der Waals surface area contributed by atoms with Gasteiger partial charge in [0.2, 0.25) is 0 Å². The van der Waals surface area contributed by atoms with E-state index in [9.17, 15) is 0 Å². The molecule has 0 amide bonds. The molecule has 0 aromatic heterocycles. The fraction of sp³-hybridized carbons (Fsp3) is 0.200. The Balaban J connectivity index is 2.16. The molecule has 0 aliphatic carbocycles. The average molecular weight is 288 g/mol. The van der Waals surface area contributed by atoms with Gasteiger partial charge in [0, 0.05) is 0 Å². The number of hydrogen-bond acceptors (Lipinski definition) is 1. The van der Waals surface area contributed by atoms with Crippen molar-refractivity contribution < 1.29 is 4.74 Å². The summed E-state index contributed by atoms with van der Waals surface area (Å²) < 4.78 is 6.92. The molecule has 2 aromatic carbocycles. The van der Waals surface area contributed by atoms with Crippen LogP contribution in [0.5, 0.6) is 5.75 Å². The predicted molar refractivity (Wildman–Crippen MR) is 74.4 cm³/mol. The van der Waals surface area contributed by atoms with E-state index in [0.717, 1.165) is 11.0 Å². The second-order valence-corrected chi connectivity index (χ2v) is 8.68. The average Bonchev–Trinajstić information content (AvgIpc) is 2.40. The third-order valence-corrected chi connectivity index (χ3v) is 6.98. The van der Waals surface area contributed by atoms with Crippen molar-refractivity contribution in [2.75, 3.05) is 7.11 Å². The first-order valence-corrected chi connectivity index (χ1v) is 9.83. The standard InChI is InChI=1S/C15H17AsO/c1-16(14-9-4-3-5-10-14)12-13-8-6-7-11-15(13)17-2/h3-11H,12H2,1-2H3. The van der Waals surface area contributed by atoms with Gasteiger partial charge in [-0.25, -0.2) is 0 Å². The Hall–Kier alpha value is -1.20. The molecule has 0 bridgehead atoms. The molecule has 2 heteroatoms. The van der Waals surface area contributed by atoms with Crippen LogP contribution in [0.1, 0.15) is 5.56 Å². The first-order valence-electron chi connectivity index (χ1n) is 5.69. The van der Waals surface area contributed by atoms with Crippen LogP contribution >= 0.6 is 0 Å². The molecule has 17 heavy (non-hydrogen) atoms. The Morgan fingerprint density at radius 3 is 2.29 bits per heavy atom. The molecular weight excluding hydrogens is 271 g/mol. The van der Waals surface area contributed by atoms with Gasteiger partial charge in [-0.05, 0) is 0 Å². The zero-order valence-corrected chi connectivity index (χ0v) is 12.1. The Kier molecular flexibility index (Phi) is 4.28. The molecule has 2 aromatic rings. The summed E-state index contributed by atoms with van der Waals surface area (Å²) in [5, 5.41) is 1.15. The summed E-state index contributed by atoms with van der Waals surface area (Å²) in [4.78, 5) is 0. The number of methoxy groups -OCH3 is 1. The van der Waals surface area contributed by atoms with Crippen molar-refractivity contribution >= 4 is 19.0 Å². The van der Waals surface area contributed by atoms with Crippen LogP contribution in [-0.2, 0) is 5.21 Å². The molecular formula is C15H17AsO. The van der Waals surface area contributed by atoms with Gasteiger partial charge in [0.1, 0.15) is 0 Å². The summed E-state index contributed by atoms with van der Waals surface area (Å²) in [5.74, 6) is 1.02. The number of para-hydroxylation sites is 1. The molecule has 1 nitrogen and oxygen atoms in total. The van der Waals surface area contributed by atoms with Crippen LogP contribution in [0.3, 0.4) is 0 Å². The maximum absolute atomic E-state index is 5.41. The summed E-state index contributed by atoms with van der Waals surface area (Å²) in [6, 6.07) is 19.2. The van der Waals surface area contributed by atoms with Gasteiger partial charge in [-0.3, -0.25) is 0 Å². The molecule has 1 atom stereocenters.